The molecule has 4 nitrogen and oxygen atoms in total. The number of fused-ring (bicyclic) bond motifs is 1. The summed E-state index contributed by atoms with van der Waals surface area (Å²) in [4.78, 5) is 12.3. The molecule has 0 bridgehead atoms. The van der Waals surface area contributed by atoms with Crippen molar-refractivity contribution in [3.8, 4) is 0 Å². The Morgan fingerprint density at radius 2 is 2.13 bits per heavy atom. The Hall–Kier alpha value is -1.25. The molecule has 0 aliphatic carbocycles. The maximum Gasteiger partial charge on any atom is 0.233 e. The van der Waals surface area contributed by atoms with E-state index in [1.807, 2.05) is 16.8 Å². The molecule has 124 valence electrons. The van der Waals surface area contributed by atoms with Gasteiger partial charge in [-0.05, 0) is 46.1 Å². The number of aromatic nitrogens is 1. The van der Waals surface area contributed by atoms with Crippen LogP contribution in [0.25, 0.3) is 10.1 Å². The van der Waals surface area contributed by atoms with E-state index in [2.05, 4.69) is 9.69 Å². The fourth-order valence-corrected chi connectivity index (χ4v) is 3.49. The third-order valence-electron chi connectivity index (χ3n) is 3.22. The predicted molar refractivity (Wildman–Crippen MR) is 98.8 cm³/mol. The number of benzene rings is 1. The van der Waals surface area contributed by atoms with Crippen LogP contribution in [0.4, 0.5) is 10.1 Å². The number of halogens is 3. The molecule has 9 heteroatoms. The van der Waals surface area contributed by atoms with Crippen molar-refractivity contribution >= 4 is 69.4 Å². The van der Waals surface area contributed by atoms with Crippen molar-refractivity contribution in [1.29, 1.82) is 0 Å². The lowest BCUT2D eigenvalue weighted by Crippen LogP contribution is -2.27. The third kappa shape index (κ3) is 3.99. The molecule has 3 aromatic rings. The second kappa shape index (κ2) is 8.56. The standard InChI is InChI=1S/C14H12FN3OS2.2ClH/c15-12-11(2-1-8-6-17-21-13(8)12)18-14(19)10(5-16)9-3-4-20-7-9;;/h1-4,6-7,10H,5,16H2,(H,18,19);2*1H. The fraction of sp³-hybridized carbons (Fsp3) is 0.143. The summed E-state index contributed by atoms with van der Waals surface area (Å²) in [6.45, 7) is 0.174. The van der Waals surface area contributed by atoms with Crippen LogP contribution < -0.4 is 11.1 Å². The Balaban J connectivity index is 0.00000132. The molecule has 3 rings (SSSR count). The number of thiophene rings is 1. The molecule has 1 amide bonds. The van der Waals surface area contributed by atoms with Gasteiger partial charge in [-0.3, -0.25) is 4.79 Å². The number of carbonyl (C=O) groups excluding carboxylic acids is 1. The first-order chi connectivity index (χ1) is 10.2. The van der Waals surface area contributed by atoms with Gasteiger partial charge in [0.1, 0.15) is 0 Å². The van der Waals surface area contributed by atoms with Crippen LogP contribution >= 0.6 is 47.7 Å². The minimum Gasteiger partial charge on any atom is -0.329 e. The Morgan fingerprint density at radius 3 is 2.78 bits per heavy atom. The molecule has 1 aromatic carbocycles. The summed E-state index contributed by atoms with van der Waals surface area (Å²) >= 11 is 2.56. The first-order valence-electron chi connectivity index (χ1n) is 6.26. The Bertz CT molecular complexity index is 780. The molecule has 2 heterocycles. The summed E-state index contributed by atoms with van der Waals surface area (Å²) in [6.07, 6.45) is 1.60. The molecular formula is C14H14Cl2FN3OS2. The van der Waals surface area contributed by atoms with E-state index in [9.17, 15) is 9.18 Å². The highest BCUT2D eigenvalue weighted by Gasteiger charge is 2.21. The van der Waals surface area contributed by atoms with E-state index in [0.29, 0.717) is 4.70 Å². The highest BCUT2D eigenvalue weighted by atomic mass is 35.5. The SMILES string of the molecule is Cl.Cl.NCC(C(=O)Nc1ccc2cnsc2c1F)c1ccsc1. The highest BCUT2D eigenvalue weighted by Crippen LogP contribution is 2.28. The van der Waals surface area contributed by atoms with Crippen LogP contribution in [0.1, 0.15) is 11.5 Å². The van der Waals surface area contributed by atoms with Gasteiger partial charge in [0, 0.05) is 18.1 Å². The molecule has 2 aromatic heterocycles. The molecule has 23 heavy (non-hydrogen) atoms. The molecule has 0 spiro atoms. The number of nitrogens with two attached hydrogens (primary N) is 1. The van der Waals surface area contributed by atoms with Crippen molar-refractivity contribution < 1.29 is 9.18 Å². The van der Waals surface area contributed by atoms with Crippen molar-refractivity contribution in [2.24, 2.45) is 5.73 Å². The van der Waals surface area contributed by atoms with E-state index in [1.165, 1.54) is 11.3 Å². The van der Waals surface area contributed by atoms with Crippen LogP contribution in [-0.4, -0.2) is 16.8 Å². The van der Waals surface area contributed by atoms with Gasteiger partial charge >= 0.3 is 0 Å². The third-order valence-corrected chi connectivity index (χ3v) is 4.73. The molecule has 0 aliphatic heterocycles. The zero-order valence-electron chi connectivity index (χ0n) is 11.7. The number of nitrogens with zero attached hydrogens (tertiary/aromatic N) is 1. The van der Waals surface area contributed by atoms with Crippen molar-refractivity contribution in [2.75, 3.05) is 11.9 Å². The highest BCUT2D eigenvalue weighted by molar-refractivity contribution is 7.13. The zero-order valence-corrected chi connectivity index (χ0v) is 15.0. The first-order valence-corrected chi connectivity index (χ1v) is 7.98. The van der Waals surface area contributed by atoms with Crippen LogP contribution in [0.15, 0.2) is 35.2 Å². The molecule has 1 atom stereocenters. The molecule has 0 radical (unpaired) electrons. The quantitative estimate of drug-likeness (QED) is 0.702. The predicted octanol–water partition coefficient (Wildman–Crippen LogP) is 4.02. The maximum absolute atomic E-state index is 14.3. The number of anilines is 1. The average Bonchev–Trinajstić information content (AvgIpc) is 3.14. The van der Waals surface area contributed by atoms with Crippen LogP contribution in [0, 0.1) is 5.82 Å². The van der Waals surface area contributed by atoms with E-state index in [-0.39, 0.29) is 43.0 Å². The minimum atomic E-state index is -0.479. The number of rotatable bonds is 4. The van der Waals surface area contributed by atoms with Crippen LogP contribution in [0.5, 0.6) is 0 Å². The summed E-state index contributed by atoms with van der Waals surface area (Å²) in [7, 11) is 0. The molecule has 0 aliphatic rings. The number of carbonyl (C=O) groups is 1. The van der Waals surface area contributed by atoms with E-state index in [4.69, 9.17) is 5.73 Å². The normalized spacial score (nSPS) is 11.4. The Kier molecular flexibility index (Phi) is 7.37. The number of amides is 1. The van der Waals surface area contributed by atoms with Gasteiger partial charge in [-0.25, -0.2) is 4.39 Å². The topological polar surface area (TPSA) is 68.0 Å². The van der Waals surface area contributed by atoms with Gasteiger partial charge in [-0.2, -0.15) is 15.7 Å². The van der Waals surface area contributed by atoms with Crippen LogP contribution in [0.2, 0.25) is 0 Å². The number of hydrogen-bond donors (Lipinski definition) is 2. The molecule has 0 fully saturated rings. The largest absolute Gasteiger partial charge is 0.329 e. The van der Waals surface area contributed by atoms with Gasteiger partial charge in [0.05, 0.1) is 16.3 Å². The van der Waals surface area contributed by atoms with Gasteiger partial charge in [0.15, 0.2) is 5.82 Å². The number of hydrogen-bond acceptors (Lipinski definition) is 5. The lowest BCUT2D eigenvalue weighted by atomic mass is 10.0. The summed E-state index contributed by atoms with van der Waals surface area (Å²) in [6, 6.07) is 5.13. The van der Waals surface area contributed by atoms with E-state index >= 15 is 0 Å². The van der Waals surface area contributed by atoms with E-state index < -0.39 is 11.7 Å². The molecule has 1 unspecified atom stereocenters. The Labute approximate surface area is 152 Å². The van der Waals surface area contributed by atoms with Crippen LogP contribution in [0.3, 0.4) is 0 Å². The van der Waals surface area contributed by atoms with Crippen molar-refractivity contribution in [2.45, 2.75) is 5.92 Å². The lowest BCUT2D eigenvalue weighted by Gasteiger charge is -2.14. The minimum absolute atomic E-state index is 0. The van der Waals surface area contributed by atoms with Crippen molar-refractivity contribution in [1.82, 2.24) is 4.37 Å². The molecule has 3 N–H and O–H groups in total. The summed E-state index contributed by atoms with van der Waals surface area (Å²) in [5, 5.41) is 7.11. The van der Waals surface area contributed by atoms with Gasteiger partial charge in [0.25, 0.3) is 0 Å². The van der Waals surface area contributed by atoms with Crippen molar-refractivity contribution in [3.63, 3.8) is 0 Å². The van der Waals surface area contributed by atoms with Gasteiger partial charge in [0.2, 0.25) is 5.91 Å². The second-order valence-corrected chi connectivity index (χ2v) is 6.09. The van der Waals surface area contributed by atoms with E-state index in [0.717, 1.165) is 22.5 Å². The van der Waals surface area contributed by atoms with Crippen LogP contribution in [-0.2, 0) is 4.79 Å². The fourth-order valence-electron chi connectivity index (χ4n) is 2.09. The molecule has 0 saturated heterocycles. The Morgan fingerprint density at radius 1 is 1.35 bits per heavy atom. The van der Waals surface area contributed by atoms with Gasteiger partial charge in [-0.1, -0.05) is 0 Å². The monoisotopic (exact) mass is 393 g/mol. The van der Waals surface area contributed by atoms with E-state index in [1.54, 1.807) is 18.3 Å². The van der Waals surface area contributed by atoms with Gasteiger partial charge < -0.3 is 11.1 Å². The maximum atomic E-state index is 14.3. The first kappa shape index (κ1) is 19.8. The van der Waals surface area contributed by atoms with Gasteiger partial charge in [-0.15, -0.1) is 24.8 Å². The average molecular weight is 394 g/mol. The summed E-state index contributed by atoms with van der Waals surface area (Å²) < 4.78 is 18.7. The summed E-state index contributed by atoms with van der Waals surface area (Å²) in [5.41, 5.74) is 6.68. The zero-order chi connectivity index (χ0) is 14.8. The smallest absolute Gasteiger partial charge is 0.233 e. The molecule has 0 saturated carbocycles. The van der Waals surface area contributed by atoms with Crippen molar-refractivity contribution in [3.05, 3.63) is 46.5 Å². The second-order valence-electron chi connectivity index (χ2n) is 4.51. The molecular weight excluding hydrogens is 380 g/mol. The number of nitrogens with one attached hydrogen (secondary N) is 1. The summed E-state index contributed by atoms with van der Waals surface area (Å²) in [5.74, 6) is -1.24. The lowest BCUT2D eigenvalue weighted by molar-refractivity contribution is -0.117.